The van der Waals surface area contributed by atoms with Gasteiger partial charge in [0.15, 0.2) is 0 Å². The van der Waals surface area contributed by atoms with Crippen molar-refractivity contribution in [2.24, 2.45) is 5.41 Å². The Labute approximate surface area is 154 Å². The van der Waals surface area contributed by atoms with Gasteiger partial charge in [-0.05, 0) is 51.0 Å². The highest BCUT2D eigenvalue weighted by Gasteiger charge is 2.56. The maximum atomic E-state index is 12.2. The van der Waals surface area contributed by atoms with Crippen molar-refractivity contribution < 1.29 is 19.1 Å². The first-order chi connectivity index (χ1) is 12.3. The van der Waals surface area contributed by atoms with Crippen molar-refractivity contribution in [3.05, 3.63) is 35.9 Å². The number of nitrogens with one attached hydrogen (secondary N) is 1. The lowest BCUT2D eigenvalue weighted by atomic mass is 9.93. The molecule has 26 heavy (non-hydrogen) atoms. The van der Waals surface area contributed by atoms with E-state index in [4.69, 9.17) is 9.47 Å². The minimum absolute atomic E-state index is 0.118. The van der Waals surface area contributed by atoms with Crippen LogP contribution in [0.5, 0.6) is 0 Å². The molecule has 6 nitrogen and oxygen atoms in total. The first-order valence-electron chi connectivity index (χ1n) is 9.23. The van der Waals surface area contributed by atoms with Crippen LogP contribution in [0.4, 0.5) is 9.59 Å². The normalized spacial score (nSPS) is 21.2. The molecular formula is C20H28N2O4. The number of alkyl carbamates (subject to hydrolysis) is 1. The first-order valence-corrected chi connectivity index (χ1v) is 9.23. The van der Waals surface area contributed by atoms with E-state index < -0.39 is 5.60 Å². The van der Waals surface area contributed by atoms with E-state index in [1.165, 1.54) is 0 Å². The van der Waals surface area contributed by atoms with Crippen LogP contribution in [0.15, 0.2) is 30.3 Å². The molecule has 3 rings (SSSR count). The van der Waals surface area contributed by atoms with Crippen LogP contribution >= 0.6 is 0 Å². The van der Waals surface area contributed by atoms with E-state index in [0.717, 1.165) is 24.8 Å². The van der Waals surface area contributed by atoms with Gasteiger partial charge in [0.1, 0.15) is 12.2 Å². The van der Waals surface area contributed by atoms with Gasteiger partial charge in [0, 0.05) is 19.1 Å². The molecule has 1 unspecified atom stereocenters. The molecule has 142 valence electrons. The van der Waals surface area contributed by atoms with Gasteiger partial charge >= 0.3 is 12.2 Å². The summed E-state index contributed by atoms with van der Waals surface area (Å²) in [6.07, 6.45) is 2.10. The summed E-state index contributed by atoms with van der Waals surface area (Å²) in [5.74, 6) is 0. The fourth-order valence-electron chi connectivity index (χ4n) is 3.50. The minimum Gasteiger partial charge on any atom is -0.445 e. The van der Waals surface area contributed by atoms with Crippen molar-refractivity contribution in [2.45, 2.75) is 58.3 Å². The minimum atomic E-state index is -0.488. The second kappa shape index (κ2) is 7.17. The molecule has 2 amide bonds. The average molecular weight is 360 g/mol. The molecule has 2 fully saturated rings. The van der Waals surface area contributed by atoms with Crippen LogP contribution in [0.25, 0.3) is 0 Å². The van der Waals surface area contributed by atoms with Crippen LogP contribution in [0.1, 0.15) is 45.6 Å². The predicted molar refractivity (Wildman–Crippen MR) is 97.6 cm³/mol. The second-order valence-corrected chi connectivity index (χ2v) is 8.29. The highest BCUT2D eigenvalue weighted by Crippen LogP contribution is 2.54. The lowest BCUT2D eigenvalue weighted by Crippen LogP contribution is -2.42. The molecule has 2 aliphatic rings. The lowest BCUT2D eigenvalue weighted by Gasteiger charge is -2.32. The molecule has 1 aromatic rings. The third kappa shape index (κ3) is 4.68. The van der Waals surface area contributed by atoms with Crippen molar-refractivity contribution >= 4 is 12.2 Å². The molecule has 1 saturated carbocycles. The zero-order valence-electron chi connectivity index (χ0n) is 15.8. The van der Waals surface area contributed by atoms with E-state index in [-0.39, 0.29) is 23.6 Å². The smallest absolute Gasteiger partial charge is 0.410 e. The van der Waals surface area contributed by atoms with Crippen LogP contribution < -0.4 is 5.32 Å². The number of amides is 2. The molecule has 1 heterocycles. The molecule has 1 N–H and O–H groups in total. The molecule has 1 aliphatic carbocycles. The van der Waals surface area contributed by atoms with E-state index in [9.17, 15) is 9.59 Å². The molecule has 6 heteroatoms. The van der Waals surface area contributed by atoms with Crippen molar-refractivity contribution in [1.82, 2.24) is 10.2 Å². The summed E-state index contributed by atoms with van der Waals surface area (Å²) in [7, 11) is 0. The Morgan fingerprint density at radius 2 is 1.85 bits per heavy atom. The van der Waals surface area contributed by atoms with Gasteiger partial charge in [-0.15, -0.1) is 0 Å². The first kappa shape index (κ1) is 18.5. The number of carbonyl (C=O) groups excluding carboxylic acids is 2. The summed E-state index contributed by atoms with van der Waals surface area (Å²) in [6.45, 7) is 7.20. The Morgan fingerprint density at radius 1 is 1.19 bits per heavy atom. The van der Waals surface area contributed by atoms with Gasteiger partial charge in [0.05, 0.1) is 0 Å². The summed E-state index contributed by atoms with van der Waals surface area (Å²) in [5.41, 5.74) is 0.614. The van der Waals surface area contributed by atoms with Gasteiger partial charge in [0.2, 0.25) is 0 Å². The fraction of sp³-hybridized carbons (Fsp3) is 0.600. The van der Waals surface area contributed by atoms with Crippen LogP contribution in [0, 0.1) is 5.41 Å². The van der Waals surface area contributed by atoms with Crippen LogP contribution in [0.2, 0.25) is 0 Å². The van der Waals surface area contributed by atoms with Crippen molar-refractivity contribution in [3.63, 3.8) is 0 Å². The van der Waals surface area contributed by atoms with Crippen LogP contribution in [-0.2, 0) is 16.1 Å². The van der Waals surface area contributed by atoms with Crippen molar-refractivity contribution in [1.29, 1.82) is 0 Å². The van der Waals surface area contributed by atoms with Crippen molar-refractivity contribution in [2.75, 3.05) is 13.1 Å². The standard InChI is InChI=1S/C20H28N2O4/c1-19(2,3)26-17(23)21-16-13-20(16)9-11-22(12-10-20)18(24)25-14-15-7-5-4-6-8-15/h4-8,16H,9-14H2,1-3H3,(H,21,23). The number of piperidine rings is 1. The Bertz CT molecular complexity index is 646. The maximum absolute atomic E-state index is 12.2. The molecule has 0 radical (unpaired) electrons. The van der Waals surface area contributed by atoms with Gasteiger partial charge in [-0.3, -0.25) is 0 Å². The summed E-state index contributed by atoms with van der Waals surface area (Å²) in [6, 6.07) is 9.83. The highest BCUT2D eigenvalue weighted by molar-refractivity contribution is 5.69. The topological polar surface area (TPSA) is 67.9 Å². The number of hydrogen-bond donors (Lipinski definition) is 1. The maximum Gasteiger partial charge on any atom is 0.410 e. The van der Waals surface area contributed by atoms with E-state index in [1.54, 1.807) is 4.90 Å². The van der Waals surface area contributed by atoms with E-state index in [2.05, 4.69) is 5.32 Å². The van der Waals surface area contributed by atoms with Gasteiger partial charge in [0.25, 0.3) is 0 Å². The number of hydrogen-bond acceptors (Lipinski definition) is 4. The van der Waals surface area contributed by atoms with Crippen molar-refractivity contribution in [3.8, 4) is 0 Å². The zero-order valence-corrected chi connectivity index (χ0v) is 15.8. The summed E-state index contributed by atoms with van der Waals surface area (Å²) < 4.78 is 10.7. The van der Waals surface area contributed by atoms with Crippen LogP contribution in [-0.4, -0.2) is 41.8 Å². The summed E-state index contributed by atoms with van der Waals surface area (Å²) >= 11 is 0. The lowest BCUT2D eigenvalue weighted by molar-refractivity contribution is 0.0499. The van der Waals surface area contributed by atoms with E-state index in [1.807, 2.05) is 51.1 Å². The largest absolute Gasteiger partial charge is 0.445 e. The van der Waals surface area contributed by atoms with E-state index in [0.29, 0.717) is 19.7 Å². The Hall–Kier alpha value is -2.24. The summed E-state index contributed by atoms with van der Waals surface area (Å²) in [5, 5.41) is 2.97. The van der Waals surface area contributed by atoms with Gasteiger partial charge in [-0.2, -0.15) is 0 Å². The number of benzene rings is 1. The number of rotatable bonds is 3. The Balaban J connectivity index is 1.40. The zero-order chi connectivity index (χ0) is 18.8. The Kier molecular flexibility index (Phi) is 5.12. The average Bonchev–Trinajstić information content (AvgIpc) is 3.23. The van der Waals surface area contributed by atoms with Gasteiger partial charge < -0.3 is 19.7 Å². The molecule has 1 atom stereocenters. The highest BCUT2D eigenvalue weighted by atomic mass is 16.6. The quantitative estimate of drug-likeness (QED) is 0.892. The fourth-order valence-corrected chi connectivity index (χ4v) is 3.50. The van der Waals surface area contributed by atoms with Gasteiger partial charge in [-0.25, -0.2) is 9.59 Å². The monoisotopic (exact) mass is 360 g/mol. The molecule has 0 aromatic heterocycles. The Morgan fingerprint density at radius 3 is 2.46 bits per heavy atom. The third-order valence-corrected chi connectivity index (χ3v) is 5.10. The SMILES string of the molecule is CC(C)(C)OC(=O)NC1CC12CCN(C(=O)OCc1ccccc1)CC2. The number of carbonyl (C=O) groups is 2. The van der Waals surface area contributed by atoms with E-state index >= 15 is 0 Å². The molecule has 0 bridgehead atoms. The molecule has 1 aromatic carbocycles. The second-order valence-electron chi connectivity index (χ2n) is 8.29. The van der Waals surface area contributed by atoms with Gasteiger partial charge in [-0.1, -0.05) is 30.3 Å². The van der Waals surface area contributed by atoms with Crippen LogP contribution in [0.3, 0.4) is 0 Å². The third-order valence-electron chi connectivity index (χ3n) is 5.10. The molecule has 1 spiro atoms. The summed E-state index contributed by atoms with van der Waals surface area (Å²) in [4.78, 5) is 25.9. The number of ether oxygens (including phenoxy) is 2. The number of nitrogens with zero attached hydrogens (tertiary/aromatic N) is 1. The molecule has 1 saturated heterocycles. The molecular weight excluding hydrogens is 332 g/mol. The predicted octanol–water partition coefficient (Wildman–Crippen LogP) is 3.70. The number of likely N-dealkylation sites (tertiary alicyclic amines) is 1. The molecule has 1 aliphatic heterocycles.